The van der Waals surface area contributed by atoms with Gasteiger partial charge in [0, 0.05) is 5.57 Å². The van der Waals surface area contributed by atoms with Gasteiger partial charge in [0.05, 0.1) is 6.42 Å². The predicted molar refractivity (Wildman–Crippen MR) is 82.1 cm³/mol. The molecule has 2 bridgehead atoms. The van der Waals surface area contributed by atoms with Crippen LogP contribution < -0.4 is 0 Å². The van der Waals surface area contributed by atoms with Crippen LogP contribution >= 0.6 is 0 Å². The van der Waals surface area contributed by atoms with Gasteiger partial charge in [0.2, 0.25) is 6.10 Å². The molecule has 0 aromatic carbocycles. The molecule has 2 fully saturated rings. The zero-order valence-corrected chi connectivity index (χ0v) is 13.4. The second kappa shape index (κ2) is 6.69. The normalized spacial score (nSPS) is 29.7. The molecule has 3 atom stereocenters. The lowest BCUT2D eigenvalue weighted by atomic mass is 9.95. The van der Waals surface area contributed by atoms with Gasteiger partial charge in [-0.15, -0.1) is 0 Å². The highest BCUT2D eigenvalue weighted by atomic mass is 16.6. The number of carbonyl (C=O) groups is 3. The monoisotopic (exact) mass is 318 g/mol. The molecule has 0 radical (unpaired) electrons. The van der Waals surface area contributed by atoms with Crippen LogP contribution in [0.3, 0.4) is 0 Å². The third-order valence-electron chi connectivity index (χ3n) is 4.85. The molecule has 23 heavy (non-hydrogen) atoms. The second-order valence-corrected chi connectivity index (χ2v) is 6.60. The summed E-state index contributed by atoms with van der Waals surface area (Å²) >= 11 is 0. The first kappa shape index (κ1) is 16.0. The van der Waals surface area contributed by atoms with Gasteiger partial charge >= 0.3 is 17.9 Å². The van der Waals surface area contributed by atoms with Crippen LogP contribution in [0.5, 0.6) is 0 Å². The molecule has 5 nitrogen and oxygen atoms in total. The summed E-state index contributed by atoms with van der Waals surface area (Å²) in [5, 5.41) is 0. The van der Waals surface area contributed by atoms with Crippen LogP contribution in [0.1, 0.15) is 51.9 Å². The lowest BCUT2D eigenvalue weighted by Crippen LogP contribution is -2.23. The summed E-state index contributed by atoms with van der Waals surface area (Å²) in [4.78, 5) is 35.0. The molecule has 5 heteroatoms. The van der Waals surface area contributed by atoms with Crippen LogP contribution in [0.25, 0.3) is 0 Å². The lowest BCUT2D eigenvalue weighted by Gasteiger charge is -2.14. The molecule has 1 saturated carbocycles. The van der Waals surface area contributed by atoms with E-state index in [0.29, 0.717) is 23.8 Å². The molecule has 0 N–H and O–H groups in total. The maximum absolute atomic E-state index is 12.4. The summed E-state index contributed by atoms with van der Waals surface area (Å²) in [6.45, 7) is 2.06. The number of allylic oxidation sites excluding steroid dienone is 3. The minimum Gasteiger partial charge on any atom is -0.446 e. The highest BCUT2D eigenvalue weighted by Gasteiger charge is 2.37. The van der Waals surface area contributed by atoms with Crippen LogP contribution in [0, 0.1) is 11.8 Å². The van der Waals surface area contributed by atoms with Gasteiger partial charge in [-0.2, -0.15) is 0 Å². The van der Waals surface area contributed by atoms with Gasteiger partial charge in [-0.1, -0.05) is 19.4 Å². The molecular formula is C18H22O5. The van der Waals surface area contributed by atoms with Crippen molar-refractivity contribution < 1.29 is 23.9 Å². The van der Waals surface area contributed by atoms with Crippen LogP contribution in [0.15, 0.2) is 23.3 Å². The first-order valence-corrected chi connectivity index (χ1v) is 8.44. The van der Waals surface area contributed by atoms with Gasteiger partial charge in [0.15, 0.2) is 0 Å². The van der Waals surface area contributed by atoms with Crippen LogP contribution in [-0.4, -0.2) is 24.0 Å². The Morgan fingerprint density at radius 3 is 2.78 bits per heavy atom. The van der Waals surface area contributed by atoms with E-state index in [1.807, 2.05) is 6.08 Å². The lowest BCUT2D eigenvalue weighted by molar-refractivity contribution is -0.160. The predicted octanol–water partition coefficient (Wildman–Crippen LogP) is 2.84. The number of esters is 3. The molecule has 1 aliphatic heterocycles. The highest BCUT2D eigenvalue weighted by Crippen LogP contribution is 2.44. The number of unbranched alkanes of at least 4 members (excludes halogenated alkanes) is 1. The van der Waals surface area contributed by atoms with E-state index >= 15 is 0 Å². The minimum absolute atomic E-state index is 0.182. The highest BCUT2D eigenvalue weighted by molar-refractivity contribution is 5.99. The fraction of sp³-hybridized carbons (Fsp3) is 0.611. The van der Waals surface area contributed by atoms with Crippen LogP contribution in [0.4, 0.5) is 0 Å². The summed E-state index contributed by atoms with van der Waals surface area (Å²) in [7, 11) is 0. The van der Waals surface area contributed by atoms with Crippen molar-refractivity contribution in [3.8, 4) is 0 Å². The molecule has 0 amide bonds. The van der Waals surface area contributed by atoms with E-state index in [2.05, 4.69) is 17.7 Å². The Kier molecular flexibility index (Phi) is 4.64. The molecule has 124 valence electrons. The Morgan fingerprint density at radius 2 is 2.22 bits per heavy atom. The smallest absolute Gasteiger partial charge is 0.355 e. The molecule has 1 heterocycles. The SMILES string of the molecule is CCCCC(=CC1=CC2CCC1C2)C(=O)OC1CC(=O)OC1=O. The molecule has 0 spiro atoms. The average Bonchev–Trinajstić information content (AvgIpc) is 3.20. The molecule has 3 rings (SSSR count). The van der Waals surface area contributed by atoms with Crippen molar-refractivity contribution in [2.75, 3.05) is 0 Å². The van der Waals surface area contributed by atoms with Crippen molar-refractivity contribution in [1.82, 2.24) is 0 Å². The number of carbonyl (C=O) groups excluding carboxylic acids is 3. The topological polar surface area (TPSA) is 69.7 Å². The largest absolute Gasteiger partial charge is 0.446 e. The maximum atomic E-state index is 12.4. The third kappa shape index (κ3) is 3.54. The third-order valence-corrected chi connectivity index (χ3v) is 4.85. The second-order valence-electron chi connectivity index (χ2n) is 6.60. The molecule has 1 saturated heterocycles. The Labute approximate surface area is 135 Å². The molecule has 3 aliphatic rings. The summed E-state index contributed by atoms with van der Waals surface area (Å²) in [6.07, 6.45) is 9.04. The molecule has 2 aliphatic carbocycles. The van der Waals surface area contributed by atoms with Gasteiger partial charge < -0.3 is 9.47 Å². The van der Waals surface area contributed by atoms with Gasteiger partial charge in [-0.25, -0.2) is 9.59 Å². The Bertz CT molecular complexity index is 586. The van der Waals surface area contributed by atoms with E-state index in [9.17, 15) is 14.4 Å². The Morgan fingerprint density at radius 1 is 1.39 bits per heavy atom. The molecule has 0 aromatic rings. The summed E-state index contributed by atoms with van der Waals surface area (Å²) in [5.41, 5.74) is 1.83. The van der Waals surface area contributed by atoms with Crippen LogP contribution in [-0.2, 0) is 23.9 Å². The number of hydrogen-bond acceptors (Lipinski definition) is 5. The van der Waals surface area contributed by atoms with Crippen molar-refractivity contribution in [2.45, 2.75) is 58.0 Å². The fourth-order valence-corrected chi connectivity index (χ4v) is 3.60. The summed E-state index contributed by atoms with van der Waals surface area (Å²) in [5.74, 6) is -0.696. The standard InChI is InChI=1S/C18H22O5/c1-2-3-4-13(9-14-8-11-5-6-12(14)7-11)17(20)22-15-10-16(19)23-18(15)21/h8-9,11-12,15H,2-7,10H2,1H3. The van der Waals surface area contributed by atoms with Crippen molar-refractivity contribution in [3.63, 3.8) is 0 Å². The van der Waals surface area contributed by atoms with Gasteiger partial charge in [-0.3, -0.25) is 4.79 Å². The molecule has 0 aromatic heterocycles. The molecular weight excluding hydrogens is 296 g/mol. The Hall–Kier alpha value is -1.91. The number of fused-ring (bicyclic) bond motifs is 2. The first-order chi connectivity index (χ1) is 11.1. The number of cyclic esters (lactones) is 2. The van der Waals surface area contributed by atoms with E-state index < -0.39 is 24.0 Å². The number of ether oxygens (including phenoxy) is 2. The number of rotatable bonds is 6. The van der Waals surface area contributed by atoms with E-state index in [1.54, 1.807) is 0 Å². The quantitative estimate of drug-likeness (QED) is 0.428. The van der Waals surface area contributed by atoms with Gasteiger partial charge in [-0.05, 0) is 55.6 Å². The van der Waals surface area contributed by atoms with E-state index in [0.717, 1.165) is 12.8 Å². The first-order valence-electron chi connectivity index (χ1n) is 8.44. The van der Waals surface area contributed by atoms with Crippen molar-refractivity contribution in [2.24, 2.45) is 11.8 Å². The van der Waals surface area contributed by atoms with Gasteiger partial charge in [0.25, 0.3) is 0 Å². The fourth-order valence-electron chi connectivity index (χ4n) is 3.60. The van der Waals surface area contributed by atoms with Crippen molar-refractivity contribution in [1.29, 1.82) is 0 Å². The van der Waals surface area contributed by atoms with E-state index in [4.69, 9.17) is 4.74 Å². The zero-order chi connectivity index (χ0) is 16.4. The van der Waals surface area contributed by atoms with E-state index in [1.165, 1.54) is 24.8 Å². The minimum atomic E-state index is -1.09. The van der Waals surface area contributed by atoms with E-state index in [-0.39, 0.29) is 6.42 Å². The summed E-state index contributed by atoms with van der Waals surface area (Å²) in [6, 6.07) is 0. The number of hydrogen-bond donors (Lipinski definition) is 0. The van der Waals surface area contributed by atoms with Crippen molar-refractivity contribution in [3.05, 3.63) is 23.3 Å². The maximum Gasteiger partial charge on any atom is 0.355 e. The Balaban J connectivity index is 1.70. The molecule has 3 unspecified atom stereocenters. The zero-order valence-electron chi connectivity index (χ0n) is 13.4. The average molecular weight is 318 g/mol. The van der Waals surface area contributed by atoms with Gasteiger partial charge in [0.1, 0.15) is 0 Å². The van der Waals surface area contributed by atoms with Crippen molar-refractivity contribution >= 4 is 17.9 Å². The van der Waals surface area contributed by atoms with Crippen LogP contribution in [0.2, 0.25) is 0 Å². The summed E-state index contributed by atoms with van der Waals surface area (Å²) < 4.78 is 9.64.